The second kappa shape index (κ2) is 3.31. The highest BCUT2D eigenvalue weighted by Gasteiger charge is 2.37. The summed E-state index contributed by atoms with van der Waals surface area (Å²) in [5.41, 5.74) is 0.744. The van der Waals surface area contributed by atoms with Crippen molar-refractivity contribution >= 4 is 16.5 Å². The summed E-state index contributed by atoms with van der Waals surface area (Å²) in [6.07, 6.45) is 4.37. The summed E-state index contributed by atoms with van der Waals surface area (Å²) in [7, 11) is 2.25. The van der Waals surface area contributed by atoms with Gasteiger partial charge >= 0.3 is 16.5 Å². The van der Waals surface area contributed by atoms with Crippen molar-refractivity contribution in [2.75, 3.05) is 33.2 Å². The van der Waals surface area contributed by atoms with Gasteiger partial charge in [0.1, 0.15) is 0 Å². The molecule has 0 unspecified atom stereocenters. The van der Waals surface area contributed by atoms with E-state index in [-0.39, 0.29) is 0 Å². The smallest absolute Gasteiger partial charge is 0.321 e. The van der Waals surface area contributed by atoms with Gasteiger partial charge in [-0.3, -0.25) is 0 Å². The predicted octanol–water partition coefficient (Wildman–Crippen LogP) is -0.0478. The Bertz CT molecular complexity index is 164. The standard InChI is InChI=1S/C9H17N2.Al.2H/c1-11-6-3-9(4-7-11)2-5-10-8-9;;;/h2-8H2,1H3;;;/q-1;+1;;. The van der Waals surface area contributed by atoms with E-state index in [4.69, 9.17) is 0 Å². The third kappa shape index (κ3) is 1.70. The SMILES string of the molecule is CN1CCC2(CC1)CC[N]([AlH2])C2. The van der Waals surface area contributed by atoms with Crippen molar-refractivity contribution in [1.82, 2.24) is 8.78 Å². The average molecular weight is 182 g/mol. The van der Waals surface area contributed by atoms with Crippen LogP contribution in [-0.4, -0.2) is 58.5 Å². The molecule has 68 valence electrons. The van der Waals surface area contributed by atoms with Crippen LogP contribution in [0.2, 0.25) is 0 Å². The van der Waals surface area contributed by atoms with Crippen LogP contribution in [0.4, 0.5) is 0 Å². The quantitative estimate of drug-likeness (QED) is 0.485. The molecule has 0 N–H and O–H groups in total. The molecule has 0 aliphatic carbocycles. The lowest BCUT2D eigenvalue weighted by Gasteiger charge is -2.37. The molecule has 12 heavy (non-hydrogen) atoms. The molecule has 2 saturated heterocycles. The van der Waals surface area contributed by atoms with Gasteiger partial charge in [0.2, 0.25) is 0 Å². The van der Waals surface area contributed by atoms with E-state index in [1.807, 2.05) is 0 Å². The molecule has 0 aromatic heterocycles. The van der Waals surface area contributed by atoms with Crippen LogP contribution < -0.4 is 0 Å². The Morgan fingerprint density at radius 1 is 1.08 bits per heavy atom. The zero-order valence-corrected chi connectivity index (χ0v) is 10.3. The van der Waals surface area contributed by atoms with E-state index in [9.17, 15) is 0 Å². The van der Waals surface area contributed by atoms with Crippen LogP contribution in [0, 0.1) is 5.41 Å². The predicted molar refractivity (Wildman–Crippen MR) is 53.9 cm³/mol. The van der Waals surface area contributed by atoms with E-state index in [1.165, 1.54) is 62.0 Å². The first kappa shape index (κ1) is 9.03. The number of likely N-dealkylation sites (tertiary alicyclic amines) is 1. The highest BCUT2D eigenvalue weighted by atomic mass is 27.1. The van der Waals surface area contributed by atoms with Gasteiger partial charge in [0.15, 0.2) is 0 Å². The fraction of sp³-hybridized carbons (Fsp3) is 1.00. The number of hydrogen-bond donors (Lipinski definition) is 0. The van der Waals surface area contributed by atoms with Crippen LogP contribution in [0.5, 0.6) is 0 Å². The molecule has 2 rings (SSSR count). The Labute approximate surface area is 83.5 Å². The lowest BCUT2D eigenvalue weighted by Crippen LogP contribution is -2.39. The zero-order chi connectivity index (χ0) is 8.60. The zero-order valence-electron chi connectivity index (χ0n) is 8.34. The Hall–Kier alpha value is 0.452. The van der Waals surface area contributed by atoms with Crippen molar-refractivity contribution in [3.8, 4) is 0 Å². The van der Waals surface area contributed by atoms with Gasteiger partial charge in [-0.05, 0) is 57.9 Å². The normalized spacial score (nSPS) is 31.4. The molecule has 0 aromatic rings. The maximum absolute atomic E-state index is 2.63. The molecule has 2 aliphatic heterocycles. The van der Waals surface area contributed by atoms with Gasteiger partial charge in [-0.25, -0.2) is 0 Å². The van der Waals surface area contributed by atoms with Gasteiger partial charge in [0.25, 0.3) is 0 Å². The monoisotopic (exact) mass is 182 g/mol. The number of nitrogens with zero attached hydrogens (tertiary/aromatic N) is 2. The van der Waals surface area contributed by atoms with E-state index in [0.29, 0.717) is 0 Å². The largest absolute Gasteiger partial charge is 0.390 e. The molecule has 0 aromatic carbocycles. The van der Waals surface area contributed by atoms with E-state index in [1.54, 1.807) is 0 Å². The van der Waals surface area contributed by atoms with Gasteiger partial charge in [0, 0.05) is 0 Å². The van der Waals surface area contributed by atoms with Gasteiger partial charge in [0.05, 0.1) is 0 Å². The van der Waals surface area contributed by atoms with Crippen molar-refractivity contribution in [2.24, 2.45) is 5.41 Å². The van der Waals surface area contributed by atoms with Crippen molar-refractivity contribution in [3.63, 3.8) is 0 Å². The van der Waals surface area contributed by atoms with Gasteiger partial charge in [-0.1, -0.05) is 0 Å². The number of rotatable bonds is 0. The van der Waals surface area contributed by atoms with Crippen LogP contribution in [-0.2, 0) is 0 Å². The lowest BCUT2D eigenvalue weighted by molar-refractivity contribution is 0.135. The number of piperidine rings is 1. The fourth-order valence-electron chi connectivity index (χ4n) is 2.66. The van der Waals surface area contributed by atoms with E-state index in [2.05, 4.69) is 15.8 Å². The first-order chi connectivity index (χ1) is 5.70. The van der Waals surface area contributed by atoms with Gasteiger partial charge in [-0.2, -0.15) is 0 Å². The van der Waals surface area contributed by atoms with Gasteiger partial charge < -0.3 is 8.78 Å². The summed E-state index contributed by atoms with van der Waals surface area (Å²) < 4.78 is 2.63. The van der Waals surface area contributed by atoms with Crippen molar-refractivity contribution in [2.45, 2.75) is 19.3 Å². The molecule has 0 radical (unpaired) electrons. The van der Waals surface area contributed by atoms with E-state index >= 15 is 0 Å². The van der Waals surface area contributed by atoms with Crippen LogP contribution in [0.15, 0.2) is 0 Å². The first-order valence-electron chi connectivity index (χ1n) is 5.07. The summed E-state index contributed by atoms with van der Waals surface area (Å²) in [6.45, 7) is 5.45. The topological polar surface area (TPSA) is 6.48 Å². The summed E-state index contributed by atoms with van der Waals surface area (Å²) in [6, 6.07) is 0. The molecule has 0 saturated carbocycles. The second-order valence-corrected chi connectivity index (χ2v) is 6.06. The van der Waals surface area contributed by atoms with Crippen LogP contribution in [0.1, 0.15) is 19.3 Å². The van der Waals surface area contributed by atoms with E-state index < -0.39 is 0 Å². The molecule has 0 amide bonds. The minimum absolute atomic E-state index is 0.744. The highest BCUT2D eigenvalue weighted by molar-refractivity contribution is 6.04. The minimum Gasteiger partial charge on any atom is -0.390 e. The number of hydrogen-bond acceptors (Lipinski definition) is 2. The summed E-state index contributed by atoms with van der Waals surface area (Å²) in [5, 5.41) is 0. The lowest BCUT2D eigenvalue weighted by atomic mass is 9.78. The Balaban J connectivity index is 1.95. The Kier molecular flexibility index (Phi) is 2.49. The van der Waals surface area contributed by atoms with Crippen molar-refractivity contribution in [3.05, 3.63) is 0 Å². The molecule has 0 bridgehead atoms. The molecule has 2 fully saturated rings. The maximum atomic E-state index is 2.63. The minimum atomic E-state index is 0.744. The molecule has 3 heteroatoms. The van der Waals surface area contributed by atoms with E-state index in [0.717, 1.165) is 5.41 Å². The molecule has 1 spiro atoms. The molecule has 0 atom stereocenters. The molecular formula is C9H19AlN2. The van der Waals surface area contributed by atoms with Crippen molar-refractivity contribution in [1.29, 1.82) is 0 Å². The summed E-state index contributed by atoms with van der Waals surface area (Å²) >= 11 is 1.27. The first-order valence-corrected chi connectivity index (χ1v) is 5.97. The molecule has 2 nitrogen and oxygen atoms in total. The highest BCUT2D eigenvalue weighted by Crippen LogP contribution is 2.39. The summed E-state index contributed by atoms with van der Waals surface area (Å²) in [4.78, 5) is 2.47. The van der Waals surface area contributed by atoms with Crippen molar-refractivity contribution < 1.29 is 0 Å². The Morgan fingerprint density at radius 2 is 1.67 bits per heavy atom. The maximum Gasteiger partial charge on any atom is 0.321 e. The fourth-order valence-corrected chi connectivity index (χ4v) is 3.55. The van der Waals surface area contributed by atoms with Crippen LogP contribution in [0.25, 0.3) is 0 Å². The Morgan fingerprint density at radius 3 is 2.17 bits per heavy atom. The molecule has 2 heterocycles. The van der Waals surface area contributed by atoms with Crippen LogP contribution in [0.3, 0.4) is 0 Å². The molecular weight excluding hydrogens is 163 g/mol. The van der Waals surface area contributed by atoms with Gasteiger partial charge in [-0.15, -0.1) is 0 Å². The third-order valence-electron chi connectivity index (χ3n) is 3.68. The summed E-state index contributed by atoms with van der Waals surface area (Å²) in [5.74, 6) is 0. The van der Waals surface area contributed by atoms with Crippen LogP contribution >= 0.6 is 0 Å². The average Bonchev–Trinajstić information content (AvgIpc) is 2.40. The third-order valence-corrected chi connectivity index (χ3v) is 4.44. The molecule has 2 aliphatic rings. The second-order valence-electron chi connectivity index (χ2n) is 4.79.